The summed E-state index contributed by atoms with van der Waals surface area (Å²) in [5.41, 5.74) is 4.15. The molecule has 0 aliphatic heterocycles. The van der Waals surface area contributed by atoms with Crippen molar-refractivity contribution in [2.24, 2.45) is 16.3 Å². The molecule has 0 amide bonds. The summed E-state index contributed by atoms with van der Waals surface area (Å²) in [5, 5.41) is 10.6. The van der Waals surface area contributed by atoms with E-state index in [0.29, 0.717) is 24.0 Å². The number of thiophene rings is 1. The van der Waals surface area contributed by atoms with E-state index in [-0.39, 0.29) is 5.41 Å². The van der Waals surface area contributed by atoms with Gasteiger partial charge in [-0.05, 0) is 69.8 Å². The highest BCUT2D eigenvalue weighted by Crippen LogP contribution is 2.45. The van der Waals surface area contributed by atoms with Gasteiger partial charge >= 0.3 is 0 Å². The van der Waals surface area contributed by atoms with Crippen molar-refractivity contribution >= 4 is 38.5 Å². The van der Waals surface area contributed by atoms with Gasteiger partial charge in [-0.1, -0.05) is 51.1 Å². The first kappa shape index (κ1) is 24.5. The number of nitrogens with zero attached hydrogens (tertiary/aromatic N) is 2. The van der Waals surface area contributed by atoms with Crippen molar-refractivity contribution < 1.29 is 9.47 Å². The molecule has 2 aromatic carbocycles. The number of rotatable bonds is 6. The van der Waals surface area contributed by atoms with Crippen LogP contribution in [0.3, 0.4) is 0 Å². The number of halogens is 1. The summed E-state index contributed by atoms with van der Waals surface area (Å²) in [5.74, 6) is 1.93. The van der Waals surface area contributed by atoms with Gasteiger partial charge in [-0.15, -0.1) is 11.3 Å². The highest BCUT2D eigenvalue weighted by atomic mass is 79.9. The summed E-state index contributed by atoms with van der Waals surface area (Å²) in [6, 6.07) is 16.2. The molecule has 1 aromatic heterocycles. The lowest BCUT2D eigenvalue weighted by atomic mass is 9.72. The van der Waals surface area contributed by atoms with Gasteiger partial charge in [-0.2, -0.15) is 5.26 Å². The molecule has 6 heteroatoms. The Morgan fingerprint density at radius 2 is 1.97 bits per heavy atom. The van der Waals surface area contributed by atoms with Crippen molar-refractivity contribution in [2.75, 3.05) is 7.11 Å². The monoisotopic (exact) mass is 536 g/mol. The minimum Gasteiger partial charge on any atom is -0.493 e. The third-order valence-electron chi connectivity index (χ3n) is 6.42. The van der Waals surface area contributed by atoms with E-state index in [0.717, 1.165) is 45.4 Å². The molecule has 4 nitrogen and oxygen atoms in total. The summed E-state index contributed by atoms with van der Waals surface area (Å²) in [4.78, 5) is 6.06. The van der Waals surface area contributed by atoms with E-state index in [4.69, 9.17) is 14.5 Å². The van der Waals surface area contributed by atoms with Gasteiger partial charge in [0.05, 0.1) is 12.7 Å². The summed E-state index contributed by atoms with van der Waals surface area (Å²) in [7, 11) is 1.63. The molecule has 0 saturated carbocycles. The second-order valence-corrected chi connectivity index (χ2v) is 11.6. The lowest BCUT2D eigenvalue weighted by Gasteiger charge is -2.33. The second kappa shape index (κ2) is 10.3. The van der Waals surface area contributed by atoms with Crippen molar-refractivity contribution in [3.8, 4) is 17.6 Å². The van der Waals surface area contributed by atoms with E-state index < -0.39 is 0 Å². The van der Waals surface area contributed by atoms with Crippen LogP contribution in [0.5, 0.6) is 11.5 Å². The largest absolute Gasteiger partial charge is 0.493 e. The van der Waals surface area contributed by atoms with E-state index in [9.17, 15) is 5.26 Å². The van der Waals surface area contributed by atoms with E-state index >= 15 is 0 Å². The van der Waals surface area contributed by atoms with Gasteiger partial charge in [0.2, 0.25) is 0 Å². The topological polar surface area (TPSA) is 54.6 Å². The Morgan fingerprint density at radius 3 is 2.65 bits per heavy atom. The van der Waals surface area contributed by atoms with Crippen molar-refractivity contribution in [1.82, 2.24) is 0 Å². The summed E-state index contributed by atoms with van der Waals surface area (Å²) >= 11 is 5.30. The third-order valence-corrected chi connectivity index (χ3v) is 8.27. The van der Waals surface area contributed by atoms with Crippen LogP contribution in [-0.2, 0) is 19.4 Å². The molecule has 0 radical (unpaired) electrons. The Hall–Kier alpha value is -2.62. The molecule has 176 valence electrons. The summed E-state index contributed by atoms with van der Waals surface area (Å²) < 4.78 is 12.4. The fourth-order valence-corrected chi connectivity index (χ4v) is 5.95. The molecule has 4 rings (SSSR count). The highest BCUT2D eigenvalue weighted by Gasteiger charge is 2.32. The Bertz CT molecular complexity index is 1240. The maximum absolute atomic E-state index is 9.85. The van der Waals surface area contributed by atoms with Gasteiger partial charge < -0.3 is 9.47 Å². The molecule has 3 aromatic rings. The average Bonchev–Trinajstić information content (AvgIpc) is 3.18. The first-order valence-electron chi connectivity index (χ1n) is 11.4. The maximum atomic E-state index is 9.85. The van der Waals surface area contributed by atoms with Crippen LogP contribution in [-0.4, -0.2) is 13.3 Å². The molecule has 0 N–H and O–H groups in total. The number of nitriles is 1. The van der Waals surface area contributed by atoms with Crippen LogP contribution in [0.1, 0.15) is 54.3 Å². The lowest BCUT2D eigenvalue weighted by molar-refractivity contribution is 0.218. The quantitative estimate of drug-likeness (QED) is 0.301. The predicted molar refractivity (Wildman–Crippen MR) is 143 cm³/mol. The van der Waals surface area contributed by atoms with E-state index in [1.807, 2.05) is 42.5 Å². The molecule has 0 saturated heterocycles. The third kappa shape index (κ3) is 5.37. The van der Waals surface area contributed by atoms with Gasteiger partial charge in [-0.25, -0.2) is 4.99 Å². The molecule has 34 heavy (non-hydrogen) atoms. The summed E-state index contributed by atoms with van der Waals surface area (Å²) in [6.07, 6.45) is 4.90. The van der Waals surface area contributed by atoms with E-state index in [2.05, 4.69) is 42.8 Å². The van der Waals surface area contributed by atoms with Crippen LogP contribution in [0.4, 0.5) is 5.00 Å². The van der Waals surface area contributed by atoms with Gasteiger partial charge in [-0.3, -0.25) is 0 Å². The van der Waals surface area contributed by atoms with Crippen LogP contribution >= 0.6 is 27.3 Å². The van der Waals surface area contributed by atoms with Crippen LogP contribution in [0.15, 0.2) is 51.9 Å². The zero-order valence-corrected chi connectivity index (χ0v) is 22.4. The van der Waals surface area contributed by atoms with Crippen LogP contribution in [0, 0.1) is 22.7 Å². The highest BCUT2D eigenvalue weighted by molar-refractivity contribution is 9.10. The second-order valence-electron chi connectivity index (χ2n) is 9.66. The molecule has 0 spiro atoms. The Labute approximate surface area is 214 Å². The number of methoxy groups -OCH3 is 1. The van der Waals surface area contributed by atoms with Gasteiger partial charge in [0.15, 0.2) is 11.5 Å². The fraction of sp³-hybridized carbons (Fsp3) is 0.357. The van der Waals surface area contributed by atoms with E-state index in [1.54, 1.807) is 24.7 Å². The molecule has 1 aliphatic carbocycles. The minimum absolute atomic E-state index is 0.268. The molecule has 1 atom stereocenters. The zero-order valence-electron chi connectivity index (χ0n) is 20.0. The van der Waals surface area contributed by atoms with Crippen LogP contribution < -0.4 is 9.47 Å². The zero-order chi connectivity index (χ0) is 24.3. The van der Waals surface area contributed by atoms with Gasteiger partial charge in [0, 0.05) is 21.1 Å². The van der Waals surface area contributed by atoms with Crippen molar-refractivity contribution in [2.45, 2.75) is 46.6 Å². The normalized spacial score (nSPS) is 15.7. The van der Waals surface area contributed by atoms with Gasteiger partial charge in [0.1, 0.15) is 17.7 Å². The number of aliphatic imine (C=N–C) groups is 1. The molecular formula is C28H29BrN2O2S. The predicted octanol–water partition coefficient (Wildman–Crippen LogP) is 7.87. The summed E-state index contributed by atoms with van der Waals surface area (Å²) in [6.45, 7) is 7.37. The Balaban J connectivity index is 1.57. The number of ether oxygens (including phenoxy) is 2. The smallest absolute Gasteiger partial charge is 0.162 e. The molecule has 0 unspecified atom stereocenters. The van der Waals surface area contributed by atoms with Crippen molar-refractivity contribution in [1.29, 1.82) is 5.26 Å². The molecule has 1 aliphatic rings. The van der Waals surface area contributed by atoms with Crippen LogP contribution in [0.25, 0.3) is 0 Å². The average molecular weight is 538 g/mol. The maximum Gasteiger partial charge on any atom is 0.162 e. The number of hydrogen-bond acceptors (Lipinski definition) is 5. The van der Waals surface area contributed by atoms with Crippen LogP contribution in [0.2, 0.25) is 0 Å². The molecular weight excluding hydrogens is 508 g/mol. The van der Waals surface area contributed by atoms with Crippen molar-refractivity contribution in [3.63, 3.8) is 0 Å². The molecule has 0 fully saturated rings. The first-order chi connectivity index (χ1) is 16.3. The minimum atomic E-state index is 0.268. The SMILES string of the molecule is COc1cc(C=Nc2sc3c(c2C#N)CC[C@H](C(C)(C)C)C3)c(Br)cc1OCc1ccccc1. The lowest BCUT2D eigenvalue weighted by Crippen LogP contribution is -2.26. The molecule has 1 heterocycles. The number of hydrogen-bond donors (Lipinski definition) is 0. The Kier molecular flexibility index (Phi) is 7.45. The standard InChI is InChI=1S/C28H29BrN2O2S/c1-28(2,3)20-10-11-21-22(15-30)27(34-26(21)13-20)31-16-19-12-24(32-4)25(14-23(19)29)33-17-18-8-6-5-7-9-18/h5-9,12,14,16,20H,10-11,13,17H2,1-4H3/t20-/m0/s1. The van der Waals surface area contributed by atoms with E-state index in [1.165, 1.54) is 10.4 Å². The number of fused-ring (bicyclic) bond motifs is 1. The fourth-order valence-electron chi connectivity index (χ4n) is 4.30. The van der Waals surface area contributed by atoms with Crippen molar-refractivity contribution in [3.05, 3.63) is 74.1 Å². The molecule has 0 bridgehead atoms. The first-order valence-corrected chi connectivity index (χ1v) is 13.0. The van der Waals surface area contributed by atoms with Gasteiger partial charge in [0.25, 0.3) is 0 Å². The number of benzene rings is 2. The Morgan fingerprint density at radius 1 is 1.21 bits per heavy atom.